The molecule has 2 aromatic carbocycles. The van der Waals surface area contributed by atoms with E-state index in [9.17, 15) is 14.9 Å². The van der Waals surface area contributed by atoms with Crippen LogP contribution in [0.25, 0.3) is 0 Å². The summed E-state index contributed by atoms with van der Waals surface area (Å²) in [4.78, 5) is 22.6. The molecule has 1 aliphatic heterocycles. The number of ether oxygens (including phenoxy) is 1. The van der Waals surface area contributed by atoms with Gasteiger partial charge in [-0.3, -0.25) is 14.9 Å². The van der Waals surface area contributed by atoms with Gasteiger partial charge >= 0.3 is 0 Å². The number of amides is 1. The van der Waals surface area contributed by atoms with Crippen molar-refractivity contribution in [1.29, 1.82) is 0 Å². The number of hydrazone groups is 1. The molecule has 0 N–H and O–H groups in total. The highest BCUT2D eigenvalue weighted by molar-refractivity contribution is 6.03. The first kappa shape index (κ1) is 16.6. The first-order valence-electron chi connectivity index (χ1n) is 7.75. The number of nitro benzene ring substituents is 1. The van der Waals surface area contributed by atoms with Crippen molar-refractivity contribution in [3.8, 4) is 5.75 Å². The number of non-ortho nitro benzene ring substituents is 1. The van der Waals surface area contributed by atoms with Crippen molar-refractivity contribution in [3.63, 3.8) is 0 Å². The molecule has 7 heteroatoms. The Hall–Kier alpha value is -3.22. The molecule has 1 atom stereocenters. The smallest absolute Gasteiger partial charge is 0.269 e. The van der Waals surface area contributed by atoms with Gasteiger partial charge in [0.2, 0.25) is 5.91 Å². The molecule has 0 radical (unpaired) electrons. The maximum Gasteiger partial charge on any atom is 0.269 e. The molecule has 0 spiro atoms. The van der Waals surface area contributed by atoms with E-state index in [4.69, 9.17) is 4.74 Å². The van der Waals surface area contributed by atoms with Crippen LogP contribution in [0.5, 0.6) is 5.75 Å². The Balaban J connectivity index is 1.92. The Morgan fingerprint density at radius 2 is 2.00 bits per heavy atom. The molecule has 0 saturated heterocycles. The van der Waals surface area contributed by atoms with Crippen LogP contribution in [0.3, 0.4) is 0 Å². The lowest BCUT2D eigenvalue weighted by molar-refractivity contribution is -0.384. The van der Waals surface area contributed by atoms with Crippen LogP contribution in [-0.4, -0.2) is 28.7 Å². The normalized spacial score (nSPS) is 16.5. The second-order valence-electron chi connectivity index (χ2n) is 5.71. The molecule has 1 unspecified atom stereocenters. The van der Waals surface area contributed by atoms with Crippen LogP contribution in [-0.2, 0) is 4.79 Å². The molecular weight excluding hydrogens is 322 g/mol. The maximum absolute atomic E-state index is 12.0. The van der Waals surface area contributed by atoms with Crippen LogP contribution in [0.4, 0.5) is 5.69 Å². The molecule has 0 bridgehead atoms. The molecule has 7 nitrogen and oxygen atoms in total. The van der Waals surface area contributed by atoms with Gasteiger partial charge in [-0.1, -0.05) is 12.1 Å². The van der Waals surface area contributed by atoms with Crippen LogP contribution < -0.4 is 4.74 Å². The fourth-order valence-electron chi connectivity index (χ4n) is 2.86. The van der Waals surface area contributed by atoms with Gasteiger partial charge in [0.1, 0.15) is 5.75 Å². The minimum Gasteiger partial charge on any atom is -0.497 e. The van der Waals surface area contributed by atoms with Gasteiger partial charge in [0.25, 0.3) is 5.69 Å². The lowest BCUT2D eigenvalue weighted by Crippen LogP contribution is -2.24. The number of nitro groups is 1. The molecule has 1 amide bonds. The summed E-state index contributed by atoms with van der Waals surface area (Å²) in [5.74, 6) is 0.529. The van der Waals surface area contributed by atoms with Gasteiger partial charge in [-0.05, 0) is 35.4 Å². The maximum atomic E-state index is 12.0. The lowest BCUT2D eigenvalue weighted by atomic mass is 9.98. The molecule has 0 aliphatic carbocycles. The van der Waals surface area contributed by atoms with Crippen LogP contribution in [0, 0.1) is 10.1 Å². The average Bonchev–Trinajstić information content (AvgIpc) is 3.07. The first-order valence-corrected chi connectivity index (χ1v) is 7.75. The van der Waals surface area contributed by atoms with E-state index in [0.29, 0.717) is 12.0 Å². The van der Waals surface area contributed by atoms with E-state index in [-0.39, 0.29) is 17.6 Å². The molecule has 0 fully saturated rings. The summed E-state index contributed by atoms with van der Waals surface area (Å²) in [6.07, 6.45) is 0.493. The summed E-state index contributed by atoms with van der Waals surface area (Å²) in [5.41, 5.74) is 2.34. The number of methoxy groups -OCH3 is 1. The zero-order chi connectivity index (χ0) is 18.0. The number of carbonyl (C=O) groups is 1. The van der Waals surface area contributed by atoms with Crippen molar-refractivity contribution >= 4 is 17.3 Å². The van der Waals surface area contributed by atoms with Crippen LogP contribution >= 0.6 is 0 Å². The number of rotatable bonds is 4. The van der Waals surface area contributed by atoms with E-state index in [1.807, 2.05) is 24.3 Å². The standard InChI is InChI=1S/C18H17N3O4/c1-12(22)20-18(14-4-3-5-15(10-14)21(23)24)11-17(19-20)13-6-8-16(25-2)9-7-13/h3-10,18H,11H2,1-2H3. The van der Waals surface area contributed by atoms with Gasteiger partial charge in [-0.25, -0.2) is 5.01 Å². The number of benzene rings is 2. The monoisotopic (exact) mass is 339 g/mol. The minimum absolute atomic E-state index is 0.00102. The molecule has 3 rings (SSSR count). The predicted molar refractivity (Wildman–Crippen MR) is 92.5 cm³/mol. The summed E-state index contributed by atoms with van der Waals surface area (Å²) in [7, 11) is 1.60. The summed E-state index contributed by atoms with van der Waals surface area (Å²) in [6.45, 7) is 1.44. The highest BCUT2D eigenvalue weighted by Gasteiger charge is 2.32. The molecule has 128 valence electrons. The largest absolute Gasteiger partial charge is 0.497 e. The first-order chi connectivity index (χ1) is 12.0. The van der Waals surface area contributed by atoms with Crippen molar-refractivity contribution in [2.75, 3.05) is 7.11 Å². The number of hydrogen-bond acceptors (Lipinski definition) is 5. The van der Waals surface area contributed by atoms with Crippen LogP contribution in [0.15, 0.2) is 53.6 Å². The SMILES string of the molecule is COc1ccc(C2=NN(C(C)=O)C(c3cccc([N+](=O)[O-])c3)C2)cc1. The van der Waals surface area contributed by atoms with E-state index < -0.39 is 4.92 Å². The molecule has 1 heterocycles. The highest BCUT2D eigenvalue weighted by atomic mass is 16.6. The summed E-state index contributed by atoms with van der Waals surface area (Å²) in [6, 6.07) is 13.4. The second-order valence-corrected chi connectivity index (χ2v) is 5.71. The molecule has 2 aromatic rings. The lowest BCUT2D eigenvalue weighted by Gasteiger charge is -2.20. The third-order valence-corrected chi connectivity index (χ3v) is 4.12. The number of nitrogens with zero attached hydrogens (tertiary/aromatic N) is 3. The number of carbonyl (C=O) groups excluding carboxylic acids is 1. The average molecular weight is 339 g/mol. The third-order valence-electron chi connectivity index (χ3n) is 4.12. The third kappa shape index (κ3) is 3.35. The number of hydrogen-bond donors (Lipinski definition) is 0. The fourth-order valence-corrected chi connectivity index (χ4v) is 2.86. The van der Waals surface area contributed by atoms with E-state index in [1.165, 1.54) is 24.1 Å². The molecule has 25 heavy (non-hydrogen) atoms. The Bertz CT molecular complexity index is 846. The van der Waals surface area contributed by atoms with E-state index in [1.54, 1.807) is 19.2 Å². The summed E-state index contributed by atoms with van der Waals surface area (Å²) < 4.78 is 5.15. The molecule has 0 saturated carbocycles. The summed E-state index contributed by atoms with van der Waals surface area (Å²) >= 11 is 0. The van der Waals surface area contributed by atoms with Gasteiger partial charge in [0.05, 0.1) is 23.8 Å². The molecular formula is C18H17N3O4. The zero-order valence-corrected chi connectivity index (χ0v) is 13.9. The minimum atomic E-state index is -0.443. The van der Waals surface area contributed by atoms with Crippen molar-refractivity contribution in [3.05, 3.63) is 69.8 Å². The fraction of sp³-hybridized carbons (Fsp3) is 0.222. The van der Waals surface area contributed by atoms with E-state index in [2.05, 4.69) is 5.10 Å². The van der Waals surface area contributed by atoms with E-state index >= 15 is 0 Å². The highest BCUT2D eigenvalue weighted by Crippen LogP contribution is 2.34. The van der Waals surface area contributed by atoms with Crippen LogP contribution in [0.1, 0.15) is 30.5 Å². The Morgan fingerprint density at radius 1 is 1.28 bits per heavy atom. The summed E-state index contributed by atoms with van der Waals surface area (Å²) in [5, 5.41) is 16.8. The quantitative estimate of drug-likeness (QED) is 0.632. The Kier molecular flexibility index (Phi) is 4.47. The molecule has 0 aromatic heterocycles. The Morgan fingerprint density at radius 3 is 2.60 bits per heavy atom. The van der Waals surface area contributed by atoms with Crippen molar-refractivity contribution < 1.29 is 14.5 Å². The molecule has 1 aliphatic rings. The second kappa shape index (κ2) is 6.72. The van der Waals surface area contributed by atoms with Gasteiger partial charge in [0, 0.05) is 25.5 Å². The van der Waals surface area contributed by atoms with Gasteiger partial charge in [0.15, 0.2) is 0 Å². The van der Waals surface area contributed by atoms with Crippen LogP contribution in [0.2, 0.25) is 0 Å². The zero-order valence-electron chi connectivity index (χ0n) is 13.9. The van der Waals surface area contributed by atoms with Gasteiger partial charge in [-0.2, -0.15) is 5.10 Å². The predicted octanol–water partition coefficient (Wildman–Crippen LogP) is 3.30. The van der Waals surface area contributed by atoms with Gasteiger partial charge in [-0.15, -0.1) is 0 Å². The van der Waals surface area contributed by atoms with Crippen molar-refractivity contribution in [1.82, 2.24) is 5.01 Å². The van der Waals surface area contributed by atoms with Crippen molar-refractivity contribution in [2.45, 2.75) is 19.4 Å². The Labute approximate surface area is 144 Å². The van der Waals surface area contributed by atoms with Gasteiger partial charge < -0.3 is 4.74 Å². The van der Waals surface area contributed by atoms with E-state index in [0.717, 1.165) is 17.0 Å². The van der Waals surface area contributed by atoms with Crippen molar-refractivity contribution in [2.24, 2.45) is 5.10 Å². The topological polar surface area (TPSA) is 85.0 Å².